The van der Waals surface area contributed by atoms with Crippen molar-refractivity contribution in [3.05, 3.63) is 12.2 Å². The summed E-state index contributed by atoms with van der Waals surface area (Å²) in [6, 6.07) is 0. The molecule has 1 heterocycles. The number of nitrogens with one attached hydrogen (secondary N) is 1. The van der Waals surface area contributed by atoms with E-state index in [-0.39, 0.29) is 11.6 Å². The van der Waals surface area contributed by atoms with Crippen molar-refractivity contribution in [2.24, 2.45) is 5.92 Å². The number of piperidine rings is 1. The minimum absolute atomic E-state index is 0.0149. The van der Waals surface area contributed by atoms with Crippen LogP contribution in [-0.2, 0) is 9.53 Å². The monoisotopic (exact) mass is 544 g/mol. The number of allylic oxidation sites excluding steroid dienone is 2. The molecule has 226 valence electrons. The quantitative estimate of drug-likeness (QED) is 0.0747. The summed E-state index contributed by atoms with van der Waals surface area (Å²) in [7, 11) is 0. The Morgan fingerprint density at radius 3 is 1.87 bits per heavy atom. The predicted octanol–water partition coefficient (Wildman–Crippen LogP) is 10.5. The van der Waals surface area contributed by atoms with Gasteiger partial charge in [-0.3, -0.25) is 4.79 Å². The van der Waals surface area contributed by atoms with E-state index in [9.17, 15) is 4.79 Å². The minimum Gasteiger partial charge on any atom is -0.459 e. The van der Waals surface area contributed by atoms with Crippen LogP contribution in [0.1, 0.15) is 175 Å². The number of hydrogen-bond acceptors (Lipinski definition) is 3. The normalized spacial score (nSPS) is 14.4. The maximum Gasteiger partial charge on any atom is 0.306 e. The Hall–Kier alpha value is -1.27. The lowest BCUT2D eigenvalue weighted by atomic mass is 9.83. The molecule has 39 heavy (non-hydrogen) atoms. The zero-order valence-corrected chi connectivity index (χ0v) is 26.4. The smallest absolute Gasteiger partial charge is 0.306 e. The Kier molecular flexibility index (Phi) is 23.5. The van der Waals surface area contributed by atoms with Crippen LogP contribution in [0.3, 0.4) is 0 Å². The molecule has 0 atom stereocenters. The lowest BCUT2D eigenvalue weighted by Crippen LogP contribution is -2.42. The molecule has 1 fully saturated rings. The van der Waals surface area contributed by atoms with Crippen molar-refractivity contribution >= 4 is 5.97 Å². The molecule has 1 aliphatic heterocycles. The Bertz CT molecular complexity index is 651. The summed E-state index contributed by atoms with van der Waals surface area (Å²) in [4.78, 5) is 12.3. The van der Waals surface area contributed by atoms with E-state index in [2.05, 4.69) is 50.1 Å². The van der Waals surface area contributed by atoms with Gasteiger partial charge in [0.2, 0.25) is 0 Å². The van der Waals surface area contributed by atoms with Crippen LogP contribution in [0, 0.1) is 17.8 Å². The molecule has 0 unspecified atom stereocenters. The molecule has 0 spiro atoms. The summed E-state index contributed by atoms with van der Waals surface area (Å²) in [5.41, 5.74) is -0.330. The third kappa shape index (κ3) is 22.1. The second-order valence-electron chi connectivity index (χ2n) is 12.5. The fraction of sp³-hybridized carbons (Fsp3) is 0.861. The molecule has 3 heteroatoms. The average Bonchev–Trinajstić information content (AvgIpc) is 2.93. The van der Waals surface area contributed by atoms with E-state index in [0.29, 0.717) is 12.3 Å². The number of rotatable bonds is 24. The van der Waals surface area contributed by atoms with Gasteiger partial charge >= 0.3 is 5.97 Å². The molecule has 0 aromatic carbocycles. The predicted molar refractivity (Wildman–Crippen MR) is 170 cm³/mol. The number of carbonyl (C=O) groups is 1. The Labute approximate surface area is 244 Å². The van der Waals surface area contributed by atoms with Crippen LogP contribution in [0.2, 0.25) is 0 Å². The van der Waals surface area contributed by atoms with E-state index in [1.807, 2.05) is 0 Å². The molecule has 1 rings (SSSR count). The lowest BCUT2D eigenvalue weighted by Gasteiger charge is -2.36. The van der Waals surface area contributed by atoms with E-state index in [4.69, 9.17) is 4.74 Å². The van der Waals surface area contributed by atoms with Gasteiger partial charge in [0.25, 0.3) is 0 Å². The van der Waals surface area contributed by atoms with Gasteiger partial charge in [-0.2, -0.15) is 0 Å². The summed E-state index contributed by atoms with van der Waals surface area (Å²) in [6.07, 6.45) is 34.5. The van der Waals surface area contributed by atoms with Crippen molar-refractivity contribution in [3.63, 3.8) is 0 Å². The minimum atomic E-state index is -0.330. The Balaban J connectivity index is 1.82. The molecule has 1 saturated heterocycles. The van der Waals surface area contributed by atoms with Gasteiger partial charge in [0.1, 0.15) is 5.60 Å². The summed E-state index contributed by atoms with van der Waals surface area (Å²) in [5.74, 6) is 7.00. The van der Waals surface area contributed by atoms with Crippen LogP contribution < -0.4 is 5.32 Å². The summed E-state index contributed by atoms with van der Waals surface area (Å²) >= 11 is 0. The van der Waals surface area contributed by atoms with Crippen LogP contribution in [0.25, 0.3) is 0 Å². The van der Waals surface area contributed by atoms with Crippen LogP contribution >= 0.6 is 0 Å². The van der Waals surface area contributed by atoms with Gasteiger partial charge in [-0.1, -0.05) is 128 Å². The zero-order chi connectivity index (χ0) is 28.3. The van der Waals surface area contributed by atoms with E-state index < -0.39 is 0 Å². The zero-order valence-electron chi connectivity index (χ0n) is 26.4. The molecule has 3 nitrogen and oxygen atoms in total. The van der Waals surface area contributed by atoms with Crippen molar-refractivity contribution in [2.75, 3.05) is 13.1 Å². The third-order valence-corrected chi connectivity index (χ3v) is 8.41. The van der Waals surface area contributed by atoms with Crippen LogP contribution in [0.15, 0.2) is 12.2 Å². The number of hydrogen-bond donors (Lipinski definition) is 1. The summed E-state index contributed by atoms with van der Waals surface area (Å²) in [6.45, 7) is 8.53. The molecule has 0 radical (unpaired) electrons. The summed E-state index contributed by atoms with van der Waals surface area (Å²) in [5, 5.41) is 3.39. The first-order chi connectivity index (χ1) is 19.1. The highest BCUT2D eigenvalue weighted by Gasteiger charge is 2.33. The summed E-state index contributed by atoms with van der Waals surface area (Å²) < 4.78 is 5.85. The second-order valence-corrected chi connectivity index (χ2v) is 12.5. The first-order valence-corrected chi connectivity index (χ1v) is 17.1. The first kappa shape index (κ1) is 35.8. The molecule has 0 aromatic rings. The molecule has 0 aromatic heterocycles. The average molecular weight is 544 g/mol. The molecule has 1 N–H and O–H groups in total. The highest BCUT2D eigenvalue weighted by atomic mass is 16.6. The van der Waals surface area contributed by atoms with E-state index in [1.54, 1.807) is 0 Å². The first-order valence-electron chi connectivity index (χ1n) is 17.1. The van der Waals surface area contributed by atoms with Crippen molar-refractivity contribution in [1.82, 2.24) is 5.32 Å². The fourth-order valence-electron chi connectivity index (χ4n) is 5.69. The van der Waals surface area contributed by atoms with Gasteiger partial charge in [0.15, 0.2) is 0 Å². The highest BCUT2D eigenvalue weighted by Crippen LogP contribution is 2.29. The molecular weight excluding hydrogens is 478 g/mol. The molecule has 0 amide bonds. The van der Waals surface area contributed by atoms with E-state index in [0.717, 1.165) is 51.6 Å². The number of esters is 1. The maximum absolute atomic E-state index is 12.3. The number of carbonyl (C=O) groups excluding carboxylic acids is 1. The van der Waals surface area contributed by atoms with Gasteiger partial charge < -0.3 is 10.1 Å². The molecule has 1 aliphatic rings. The van der Waals surface area contributed by atoms with Crippen molar-refractivity contribution in [2.45, 2.75) is 180 Å². The number of ether oxygens (including phenoxy) is 1. The molecule has 0 bridgehead atoms. The Morgan fingerprint density at radius 1 is 0.769 bits per heavy atom. The standard InChI is InChI=1S/C36H65NO2/c1-4-5-6-7-8-9-10-11-12-13-14-15-16-17-18-19-20-21-22-23-24-25-26-27-28-29-35(38)39-36(2,3)34-30-32-37-33-31-34/h20-21,34,37H,4-17,22-33H2,1-3H3/b21-20-. The van der Waals surface area contributed by atoms with Gasteiger partial charge in [0.05, 0.1) is 0 Å². The largest absolute Gasteiger partial charge is 0.459 e. The second kappa shape index (κ2) is 25.7. The fourth-order valence-corrected chi connectivity index (χ4v) is 5.69. The van der Waals surface area contributed by atoms with Gasteiger partial charge in [-0.25, -0.2) is 0 Å². The van der Waals surface area contributed by atoms with Crippen LogP contribution in [-0.4, -0.2) is 24.7 Å². The highest BCUT2D eigenvalue weighted by molar-refractivity contribution is 5.69. The lowest BCUT2D eigenvalue weighted by molar-refractivity contribution is -0.162. The van der Waals surface area contributed by atoms with Crippen LogP contribution in [0.5, 0.6) is 0 Å². The van der Waals surface area contributed by atoms with Gasteiger partial charge in [-0.15, -0.1) is 0 Å². The number of unbranched alkanes of at least 4 members (excludes halogenated alkanes) is 19. The maximum atomic E-state index is 12.3. The van der Waals surface area contributed by atoms with Gasteiger partial charge in [-0.05, 0) is 71.5 Å². The van der Waals surface area contributed by atoms with Crippen molar-refractivity contribution < 1.29 is 9.53 Å². The van der Waals surface area contributed by atoms with Gasteiger partial charge in [0, 0.05) is 18.8 Å². The topological polar surface area (TPSA) is 38.3 Å². The van der Waals surface area contributed by atoms with E-state index in [1.165, 1.54) is 109 Å². The molecule has 0 aliphatic carbocycles. The Morgan fingerprint density at radius 2 is 1.28 bits per heavy atom. The third-order valence-electron chi connectivity index (χ3n) is 8.41. The van der Waals surface area contributed by atoms with Crippen molar-refractivity contribution in [1.29, 1.82) is 0 Å². The molecular formula is C36H65NO2. The SMILES string of the molecule is CCCCCCCCCCCCCCCC#C/C=C\CCCCCCCCC(=O)OC(C)(C)C1CCNCC1. The van der Waals surface area contributed by atoms with Crippen molar-refractivity contribution in [3.8, 4) is 11.8 Å². The van der Waals surface area contributed by atoms with E-state index >= 15 is 0 Å². The van der Waals surface area contributed by atoms with Crippen LogP contribution in [0.4, 0.5) is 0 Å². The molecule has 0 saturated carbocycles.